The Morgan fingerprint density at radius 1 is 1.60 bits per heavy atom. The number of nitrogens with zero attached hydrogens (tertiary/aromatic N) is 1. The molecule has 10 heavy (non-hydrogen) atoms. The monoisotopic (exact) mass is 197 g/mol. The largest absolute Gasteiger partial charge is 0.255 e. The van der Waals surface area contributed by atoms with Crippen LogP contribution in [0, 0.1) is 6.92 Å². The molecule has 1 aromatic heterocycles. The van der Waals surface area contributed by atoms with E-state index in [1.54, 1.807) is 0 Å². The molecule has 1 aromatic rings. The second-order valence-electron chi connectivity index (χ2n) is 2.13. The van der Waals surface area contributed by atoms with Gasteiger partial charge in [0.25, 0.3) is 0 Å². The molecule has 0 aliphatic heterocycles. The van der Waals surface area contributed by atoms with E-state index in [2.05, 4.69) is 27.5 Å². The quantitative estimate of drug-likeness (QED) is 0.676. The fourth-order valence-corrected chi connectivity index (χ4v) is 0.863. The smallest absolute Gasteiger partial charge is 0.0765 e. The zero-order valence-electron chi connectivity index (χ0n) is 5.76. The highest BCUT2D eigenvalue weighted by atomic mass is 79.9. The van der Waals surface area contributed by atoms with Gasteiger partial charge in [-0.3, -0.25) is 4.98 Å². The van der Waals surface area contributed by atoms with Gasteiger partial charge in [-0.15, -0.1) is 0 Å². The van der Waals surface area contributed by atoms with Crippen molar-refractivity contribution in [2.75, 3.05) is 0 Å². The molecule has 1 nitrogen and oxygen atoms in total. The zero-order valence-corrected chi connectivity index (χ0v) is 7.35. The molecule has 0 aliphatic rings. The van der Waals surface area contributed by atoms with E-state index in [1.165, 1.54) is 0 Å². The molecule has 0 atom stereocenters. The first-order chi connectivity index (χ1) is 4.70. The number of rotatable bonds is 1. The molecule has 0 bridgehead atoms. The van der Waals surface area contributed by atoms with Gasteiger partial charge in [-0.1, -0.05) is 12.6 Å². The SMILES string of the molecule is C=C(Br)c1ccc(C)cn1. The van der Waals surface area contributed by atoms with E-state index >= 15 is 0 Å². The summed E-state index contributed by atoms with van der Waals surface area (Å²) in [6.07, 6.45) is 1.82. The van der Waals surface area contributed by atoms with Crippen LogP contribution in [0.1, 0.15) is 11.3 Å². The van der Waals surface area contributed by atoms with Crippen LogP contribution in [0.3, 0.4) is 0 Å². The third-order valence-corrected chi connectivity index (χ3v) is 1.60. The predicted molar refractivity (Wildman–Crippen MR) is 46.9 cm³/mol. The van der Waals surface area contributed by atoms with Crippen LogP contribution in [0.2, 0.25) is 0 Å². The van der Waals surface area contributed by atoms with E-state index < -0.39 is 0 Å². The summed E-state index contributed by atoms with van der Waals surface area (Å²) in [7, 11) is 0. The molecule has 0 amide bonds. The van der Waals surface area contributed by atoms with Gasteiger partial charge in [0.05, 0.1) is 5.69 Å². The third kappa shape index (κ3) is 1.67. The van der Waals surface area contributed by atoms with Crippen molar-refractivity contribution in [1.29, 1.82) is 0 Å². The molecule has 2 heteroatoms. The molecule has 0 radical (unpaired) electrons. The lowest BCUT2D eigenvalue weighted by atomic mass is 10.3. The van der Waals surface area contributed by atoms with E-state index in [9.17, 15) is 0 Å². The van der Waals surface area contributed by atoms with Gasteiger partial charge in [-0.05, 0) is 34.5 Å². The van der Waals surface area contributed by atoms with Crippen LogP contribution in [-0.4, -0.2) is 4.98 Å². The molecule has 0 aliphatic carbocycles. The molecule has 0 unspecified atom stereocenters. The van der Waals surface area contributed by atoms with Crippen LogP contribution in [0.15, 0.2) is 24.9 Å². The number of aromatic nitrogens is 1. The fraction of sp³-hybridized carbons (Fsp3) is 0.125. The highest BCUT2D eigenvalue weighted by Crippen LogP contribution is 2.15. The summed E-state index contributed by atoms with van der Waals surface area (Å²) in [4.78, 5) is 4.13. The minimum atomic E-state index is 0.826. The molecule has 1 rings (SSSR count). The number of hydrogen-bond donors (Lipinski definition) is 0. The first kappa shape index (κ1) is 7.48. The second-order valence-corrected chi connectivity index (χ2v) is 3.08. The lowest BCUT2D eigenvalue weighted by Crippen LogP contribution is -1.82. The highest BCUT2D eigenvalue weighted by molar-refractivity contribution is 9.15. The van der Waals surface area contributed by atoms with Gasteiger partial charge < -0.3 is 0 Å². The normalized spacial score (nSPS) is 9.40. The maximum Gasteiger partial charge on any atom is 0.0765 e. The van der Waals surface area contributed by atoms with E-state index in [4.69, 9.17) is 0 Å². The van der Waals surface area contributed by atoms with E-state index in [-0.39, 0.29) is 0 Å². The van der Waals surface area contributed by atoms with Crippen LogP contribution in [0.25, 0.3) is 4.48 Å². The van der Waals surface area contributed by atoms with Gasteiger partial charge in [0.15, 0.2) is 0 Å². The van der Waals surface area contributed by atoms with Crippen molar-refractivity contribution in [1.82, 2.24) is 4.98 Å². The van der Waals surface area contributed by atoms with Gasteiger partial charge >= 0.3 is 0 Å². The second kappa shape index (κ2) is 2.97. The van der Waals surface area contributed by atoms with Gasteiger partial charge in [0.1, 0.15) is 0 Å². The number of pyridine rings is 1. The van der Waals surface area contributed by atoms with Gasteiger partial charge in [-0.2, -0.15) is 0 Å². The molecule has 0 spiro atoms. The summed E-state index contributed by atoms with van der Waals surface area (Å²) in [6.45, 7) is 5.72. The summed E-state index contributed by atoms with van der Waals surface area (Å²) in [5.41, 5.74) is 2.06. The topological polar surface area (TPSA) is 12.9 Å². The summed E-state index contributed by atoms with van der Waals surface area (Å²) in [5.74, 6) is 0. The molecular weight excluding hydrogens is 190 g/mol. The van der Waals surface area contributed by atoms with Crippen LogP contribution >= 0.6 is 15.9 Å². The van der Waals surface area contributed by atoms with Gasteiger partial charge in [-0.25, -0.2) is 0 Å². The summed E-state index contributed by atoms with van der Waals surface area (Å²) >= 11 is 3.25. The summed E-state index contributed by atoms with van der Waals surface area (Å²) in [5, 5.41) is 0. The molecule has 0 saturated heterocycles. The van der Waals surface area contributed by atoms with Crippen molar-refractivity contribution in [3.8, 4) is 0 Å². The van der Waals surface area contributed by atoms with Crippen LogP contribution in [0.5, 0.6) is 0 Å². The first-order valence-corrected chi connectivity index (χ1v) is 3.77. The zero-order chi connectivity index (χ0) is 7.56. The minimum absolute atomic E-state index is 0.826. The number of aryl methyl sites for hydroxylation is 1. The van der Waals surface area contributed by atoms with Crippen molar-refractivity contribution in [3.05, 3.63) is 36.2 Å². The Balaban J connectivity index is 3.00. The summed E-state index contributed by atoms with van der Waals surface area (Å²) in [6, 6.07) is 3.95. The van der Waals surface area contributed by atoms with Crippen molar-refractivity contribution in [2.45, 2.75) is 6.92 Å². The number of hydrogen-bond acceptors (Lipinski definition) is 1. The molecule has 0 aromatic carbocycles. The Kier molecular flexibility index (Phi) is 2.22. The fourth-order valence-electron chi connectivity index (χ4n) is 0.628. The Morgan fingerprint density at radius 3 is 2.70 bits per heavy atom. The Bertz CT molecular complexity index is 238. The van der Waals surface area contributed by atoms with Gasteiger partial charge in [0.2, 0.25) is 0 Å². The van der Waals surface area contributed by atoms with Gasteiger partial charge in [0, 0.05) is 10.7 Å². The minimum Gasteiger partial charge on any atom is -0.255 e. The lowest BCUT2D eigenvalue weighted by Gasteiger charge is -1.95. The standard InChI is InChI=1S/C8H8BrN/c1-6-3-4-8(7(2)9)10-5-6/h3-5H,2H2,1H3. The average molecular weight is 198 g/mol. The van der Waals surface area contributed by atoms with E-state index in [0.29, 0.717) is 0 Å². The van der Waals surface area contributed by atoms with Crippen molar-refractivity contribution < 1.29 is 0 Å². The Labute approximate surface area is 68.9 Å². The molecule has 0 saturated carbocycles. The highest BCUT2D eigenvalue weighted by Gasteiger charge is 1.92. The van der Waals surface area contributed by atoms with Crippen molar-refractivity contribution in [3.63, 3.8) is 0 Å². The molecule has 0 N–H and O–H groups in total. The number of halogens is 1. The van der Waals surface area contributed by atoms with E-state index in [0.717, 1.165) is 15.7 Å². The predicted octanol–water partition coefficient (Wildman–Crippen LogP) is 2.76. The van der Waals surface area contributed by atoms with Crippen LogP contribution < -0.4 is 0 Å². The molecular formula is C8H8BrN. The average Bonchev–Trinajstić information content (AvgIpc) is 1.88. The first-order valence-electron chi connectivity index (χ1n) is 2.97. The summed E-state index contributed by atoms with van der Waals surface area (Å²) < 4.78 is 0.826. The van der Waals surface area contributed by atoms with Crippen LogP contribution in [0.4, 0.5) is 0 Å². The van der Waals surface area contributed by atoms with Crippen molar-refractivity contribution in [2.24, 2.45) is 0 Å². The maximum absolute atomic E-state index is 4.13. The Morgan fingerprint density at radius 2 is 2.30 bits per heavy atom. The Hall–Kier alpha value is -0.630. The molecule has 0 fully saturated rings. The van der Waals surface area contributed by atoms with Crippen LogP contribution in [-0.2, 0) is 0 Å². The maximum atomic E-state index is 4.13. The third-order valence-electron chi connectivity index (χ3n) is 1.19. The van der Waals surface area contributed by atoms with E-state index in [1.807, 2.05) is 25.3 Å². The molecule has 1 heterocycles. The molecule has 52 valence electrons. The van der Waals surface area contributed by atoms with Crippen molar-refractivity contribution >= 4 is 20.4 Å². The lowest BCUT2D eigenvalue weighted by molar-refractivity contribution is 1.24.